The predicted octanol–water partition coefficient (Wildman–Crippen LogP) is 5.79. The van der Waals surface area contributed by atoms with E-state index in [-0.39, 0.29) is 0 Å². The number of anilines is 2. The van der Waals surface area contributed by atoms with E-state index >= 15 is 0 Å². The van der Waals surface area contributed by atoms with Gasteiger partial charge in [-0.15, -0.1) is 0 Å². The summed E-state index contributed by atoms with van der Waals surface area (Å²) >= 11 is 0. The number of nitrogens with one attached hydrogen (secondary N) is 2. The maximum absolute atomic E-state index is 12.3. The first-order valence-corrected chi connectivity index (χ1v) is 15.9. The van der Waals surface area contributed by atoms with Crippen molar-refractivity contribution in [3.8, 4) is 5.82 Å². The summed E-state index contributed by atoms with van der Waals surface area (Å²) in [5.41, 5.74) is 4.40. The summed E-state index contributed by atoms with van der Waals surface area (Å²) in [6.07, 6.45) is 12.5. The van der Waals surface area contributed by atoms with E-state index in [1.165, 1.54) is 36.9 Å². The average molecular weight is 528 g/mol. The monoisotopic (exact) mass is 527 g/mol. The molecule has 1 unspecified atom stereocenters. The quantitative estimate of drug-likeness (QED) is 0.329. The van der Waals surface area contributed by atoms with Gasteiger partial charge >= 0.3 is 0 Å². The molecule has 1 saturated carbocycles. The highest BCUT2D eigenvalue weighted by molar-refractivity contribution is 7.92. The fourth-order valence-corrected chi connectivity index (χ4v) is 6.65. The van der Waals surface area contributed by atoms with Gasteiger partial charge in [0, 0.05) is 57.3 Å². The molecule has 2 N–H and O–H groups in total. The van der Waals surface area contributed by atoms with Crippen molar-refractivity contribution in [3.05, 3.63) is 66.0 Å². The number of nitrogens with zero attached hydrogens (tertiary/aromatic N) is 5. The van der Waals surface area contributed by atoms with Crippen molar-refractivity contribution < 1.29 is 4.21 Å². The second-order valence-electron chi connectivity index (χ2n) is 11.3. The molecule has 7 rings (SSSR count). The smallest absolute Gasteiger partial charge is 0.229 e. The van der Waals surface area contributed by atoms with Crippen LogP contribution in [-0.2, 0) is 9.73 Å². The molecular formula is C29H33N7OS. The summed E-state index contributed by atoms with van der Waals surface area (Å²) in [5, 5.41) is 8.12. The molecule has 0 radical (unpaired) electrons. The number of hydrogen-bond donors (Lipinski definition) is 2. The minimum atomic E-state index is -2.31. The van der Waals surface area contributed by atoms with Gasteiger partial charge < -0.3 is 10.6 Å². The molecule has 3 fully saturated rings. The Balaban J connectivity index is 1.19. The standard InChI is InChI=1S/C29H33N7OS/c1-38(2,37)35-26-4-3-5-27(33-26)36-25(19-6-7-19)16-21-17-30-29(34-28(21)36)32-22-10-8-18(9-11-22)20-14-23-12-13-24(15-20)31-23/h3-5,8-11,16-17,19-20,23-24,31H,6-7,12-15H2,1-2H3,(H,30,32,34)/t20?,23-,24+. The second-order valence-corrected chi connectivity index (χ2v) is 13.9. The topological polar surface area (TPSA) is 97.1 Å². The fourth-order valence-electron chi connectivity index (χ4n) is 6.10. The summed E-state index contributed by atoms with van der Waals surface area (Å²) in [7, 11) is -2.31. The highest BCUT2D eigenvalue weighted by Crippen LogP contribution is 2.43. The summed E-state index contributed by atoms with van der Waals surface area (Å²) in [4.78, 5) is 14.3. The number of aromatic nitrogens is 4. The zero-order chi connectivity index (χ0) is 25.9. The summed E-state index contributed by atoms with van der Waals surface area (Å²) < 4.78 is 18.7. The number of hydrogen-bond acceptors (Lipinski definition) is 7. The van der Waals surface area contributed by atoms with Gasteiger partial charge in [-0.3, -0.25) is 4.57 Å². The lowest BCUT2D eigenvalue weighted by atomic mass is 9.86. The molecule has 1 aliphatic carbocycles. The first-order valence-electron chi connectivity index (χ1n) is 13.5. The molecule has 4 aromatic rings. The van der Waals surface area contributed by atoms with Gasteiger partial charge in [-0.1, -0.05) is 18.2 Å². The Kier molecular flexibility index (Phi) is 5.74. The normalized spacial score (nSPS) is 23.1. The lowest BCUT2D eigenvalue weighted by molar-refractivity contribution is 0.363. The molecule has 8 nitrogen and oxygen atoms in total. The molecule has 3 atom stereocenters. The van der Waals surface area contributed by atoms with Crippen LogP contribution < -0.4 is 10.6 Å². The van der Waals surface area contributed by atoms with E-state index in [1.807, 2.05) is 18.3 Å². The molecule has 1 aromatic carbocycles. The van der Waals surface area contributed by atoms with Gasteiger partial charge in [0.2, 0.25) is 5.95 Å². The molecule has 3 aliphatic rings. The molecule has 2 aliphatic heterocycles. The fraction of sp³-hybridized carbons (Fsp3) is 0.414. The van der Waals surface area contributed by atoms with E-state index in [0.717, 1.165) is 35.4 Å². The Bertz CT molecular complexity index is 1610. The maximum atomic E-state index is 12.3. The molecule has 0 spiro atoms. The number of pyridine rings is 1. The first-order chi connectivity index (χ1) is 18.4. The SMILES string of the molecule is CS(C)(=O)=Nc1cccc(-n2c(C3CC3)cc3cnc(Nc4ccc(C5C[C@H]6CC[C@@H](C5)N6)cc4)nc32)n1. The van der Waals surface area contributed by atoms with E-state index in [9.17, 15) is 4.21 Å². The summed E-state index contributed by atoms with van der Waals surface area (Å²) in [5.74, 6) is 2.88. The van der Waals surface area contributed by atoms with Gasteiger partial charge in [0.05, 0.1) is 0 Å². The van der Waals surface area contributed by atoms with Crippen LogP contribution in [0.25, 0.3) is 16.9 Å². The van der Waals surface area contributed by atoms with Crippen LogP contribution in [0.15, 0.2) is 59.1 Å². The Morgan fingerprint density at radius 1 is 0.974 bits per heavy atom. The molecule has 2 bridgehead atoms. The van der Waals surface area contributed by atoms with E-state index in [2.05, 4.69) is 54.9 Å². The van der Waals surface area contributed by atoms with E-state index < -0.39 is 9.73 Å². The van der Waals surface area contributed by atoms with Crippen LogP contribution in [0.5, 0.6) is 0 Å². The minimum Gasteiger partial charge on any atom is -0.324 e. The van der Waals surface area contributed by atoms with Gasteiger partial charge in [-0.2, -0.15) is 9.35 Å². The van der Waals surface area contributed by atoms with E-state index in [4.69, 9.17) is 9.97 Å². The number of benzene rings is 1. The molecule has 3 aromatic heterocycles. The molecule has 5 heterocycles. The Labute approximate surface area is 223 Å². The van der Waals surface area contributed by atoms with Crippen LogP contribution in [0.3, 0.4) is 0 Å². The van der Waals surface area contributed by atoms with Crippen molar-refractivity contribution in [2.24, 2.45) is 4.36 Å². The van der Waals surface area contributed by atoms with Gasteiger partial charge in [0.25, 0.3) is 0 Å². The second kappa shape index (κ2) is 9.17. The van der Waals surface area contributed by atoms with Crippen molar-refractivity contribution in [1.29, 1.82) is 0 Å². The van der Waals surface area contributed by atoms with Crippen molar-refractivity contribution in [2.75, 3.05) is 17.8 Å². The number of rotatable bonds is 6. The van der Waals surface area contributed by atoms with Gasteiger partial charge in [0.1, 0.15) is 5.82 Å². The molecule has 38 heavy (non-hydrogen) atoms. The zero-order valence-electron chi connectivity index (χ0n) is 21.8. The highest BCUT2D eigenvalue weighted by Gasteiger charge is 2.34. The third kappa shape index (κ3) is 4.80. The largest absolute Gasteiger partial charge is 0.324 e. The van der Waals surface area contributed by atoms with Crippen LogP contribution in [-0.4, -0.2) is 48.3 Å². The predicted molar refractivity (Wildman–Crippen MR) is 152 cm³/mol. The minimum absolute atomic E-state index is 0.468. The molecule has 9 heteroatoms. The van der Waals surface area contributed by atoms with E-state index in [0.29, 0.717) is 35.7 Å². The van der Waals surface area contributed by atoms with Crippen LogP contribution in [0.4, 0.5) is 17.5 Å². The Hall–Kier alpha value is -3.30. The highest BCUT2D eigenvalue weighted by atomic mass is 32.2. The lowest BCUT2D eigenvalue weighted by Gasteiger charge is -2.29. The third-order valence-corrected chi connectivity index (χ3v) is 8.57. The van der Waals surface area contributed by atoms with Gasteiger partial charge in [0.15, 0.2) is 11.5 Å². The Morgan fingerprint density at radius 3 is 2.45 bits per heavy atom. The van der Waals surface area contributed by atoms with Crippen molar-refractivity contribution in [3.63, 3.8) is 0 Å². The molecule has 196 valence electrons. The van der Waals surface area contributed by atoms with Gasteiger partial charge in [-0.25, -0.2) is 14.2 Å². The number of piperidine rings is 1. The van der Waals surface area contributed by atoms with Gasteiger partial charge in [-0.05, 0) is 86.3 Å². The summed E-state index contributed by atoms with van der Waals surface area (Å²) in [6.45, 7) is 0. The number of fused-ring (bicyclic) bond motifs is 3. The molecular weight excluding hydrogens is 494 g/mol. The van der Waals surface area contributed by atoms with Crippen LogP contribution in [0.2, 0.25) is 0 Å². The van der Waals surface area contributed by atoms with Crippen molar-refractivity contribution in [1.82, 2.24) is 24.8 Å². The van der Waals surface area contributed by atoms with Crippen LogP contribution in [0.1, 0.15) is 61.6 Å². The Morgan fingerprint density at radius 2 is 1.74 bits per heavy atom. The maximum Gasteiger partial charge on any atom is 0.229 e. The van der Waals surface area contributed by atoms with Crippen LogP contribution >= 0.6 is 0 Å². The average Bonchev–Trinajstić information content (AvgIpc) is 3.59. The summed E-state index contributed by atoms with van der Waals surface area (Å²) in [6, 6.07) is 18.0. The van der Waals surface area contributed by atoms with E-state index in [1.54, 1.807) is 18.6 Å². The molecule has 0 amide bonds. The first kappa shape index (κ1) is 23.8. The van der Waals surface area contributed by atoms with Crippen molar-refractivity contribution >= 4 is 38.2 Å². The zero-order valence-corrected chi connectivity index (χ0v) is 22.6. The van der Waals surface area contributed by atoms with Crippen LogP contribution in [0, 0.1) is 0 Å². The third-order valence-electron chi connectivity index (χ3n) is 7.94. The molecule has 2 saturated heterocycles. The van der Waals surface area contributed by atoms with Crippen molar-refractivity contribution in [2.45, 2.75) is 62.4 Å². The lowest BCUT2D eigenvalue weighted by Crippen LogP contribution is -2.37.